The fraction of sp³-hybridized carbons (Fsp3) is 0.667. The van der Waals surface area contributed by atoms with Crippen LogP contribution in [0, 0.1) is 0 Å². The summed E-state index contributed by atoms with van der Waals surface area (Å²) in [6, 6.07) is -6.24. The maximum atomic E-state index is 12.4. The van der Waals surface area contributed by atoms with Gasteiger partial charge < -0.3 is 31.9 Å². The van der Waals surface area contributed by atoms with Crippen LogP contribution in [0.2, 0.25) is 0 Å². The second-order valence-corrected chi connectivity index (χ2v) is 8.42. The first kappa shape index (κ1) is 28.5. The molecule has 0 radical (unpaired) electrons. The van der Waals surface area contributed by atoms with E-state index in [0.29, 0.717) is 0 Å². The van der Waals surface area contributed by atoms with Crippen molar-refractivity contribution in [2.24, 2.45) is 4.99 Å². The molecule has 0 spiro atoms. The van der Waals surface area contributed by atoms with Crippen LogP contribution in [0.15, 0.2) is 4.99 Å². The lowest BCUT2D eigenvalue weighted by molar-refractivity contribution is -0.134. The van der Waals surface area contributed by atoms with Crippen LogP contribution < -0.4 is 31.9 Å². The average Bonchev–Trinajstić information content (AvgIpc) is 2.75. The molecule has 1 rings (SSSR count). The fourth-order valence-electron chi connectivity index (χ4n) is 2.73. The molecule has 7 unspecified atom stereocenters. The van der Waals surface area contributed by atoms with E-state index >= 15 is 0 Å². The fourth-order valence-corrected chi connectivity index (χ4v) is 2.73. The van der Waals surface area contributed by atoms with Gasteiger partial charge in [-0.2, -0.15) is 0 Å². The van der Waals surface area contributed by atoms with Gasteiger partial charge in [-0.1, -0.05) is 0 Å². The molecule has 0 saturated carbocycles. The summed E-state index contributed by atoms with van der Waals surface area (Å²) in [7, 11) is 0. The summed E-state index contributed by atoms with van der Waals surface area (Å²) in [5.41, 5.74) is 0. The minimum absolute atomic E-state index is 0.492. The SMILES string of the molecule is CC1/C=N/C(C)C(=O)NC(C)C(=O)NC(C)C(=O)NC(C)C(=O)NC(C)C(=O)NC(C)C(=O)N1. The highest BCUT2D eigenvalue weighted by Crippen LogP contribution is 1.96. The van der Waals surface area contributed by atoms with Crippen molar-refractivity contribution in [3.63, 3.8) is 0 Å². The maximum absolute atomic E-state index is 12.4. The molecule has 1 aliphatic rings. The molecule has 0 aromatic heterocycles. The normalized spacial score (nSPS) is 34.3. The molecule has 0 aliphatic carbocycles. The molecule has 34 heavy (non-hydrogen) atoms. The molecule has 1 heterocycles. The first-order chi connectivity index (χ1) is 15.7. The van der Waals surface area contributed by atoms with Crippen LogP contribution in [0.4, 0.5) is 0 Å². The van der Waals surface area contributed by atoms with Crippen molar-refractivity contribution in [3.8, 4) is 0 Å². The van der Waals surface area contributed by atoms with Gasteiger partial charge in [0.2, 0.25) is 35.4 Å². The number of carbonyl (C=O) groups excluding carboxylic acids is 6. The van der Waals surface area contributed by atoms with Crippen LogP contribution in [-0.4, -0.2) is 84.0 Å². The molecule has 13 nitrogen and oxygen atoms in total. The van der Waals surface area contributed by atoms with Gasteiger partial charge in [0.1, 0.15) is 36.3 Å². The Morgan fingerprint density at radius 3 is 1.06 bits per heavy atom. The van der Waals surface area contributed by atoms with Crippen molar-refractivity contribution in [3.05, 3.63) is 0 Å². The summed E-state index contributed by atoms with van der Waals surface area (Å²) in [5, 5.41) is 15.0. The Morgan fingerprint density at radius 1 is 0.471 bits per heavy atom. The van der Waals surface area contributed by atoms with E-state index in [4.69, 9.17) is 0 Å². The topological polar surface area (TPSA) is 187 Å². The summed E-state index contributed by atoms with van der Waals surface area (Å²) >= 11 is 0. The Labute approximate surface area is 198 Å². The predicted octanol–water partition coefficient (Wildman–Crippen LogP) is -2.51. The van der Waals surface area contributed by atoms with Gasteiger partial charge in [0.05, 0.1) is 6.04 Å². The van der Waals surface area contributed by atoms with Gasteiger partial charge >= 0.3 is 0 Å². The van der Waals surface area contributed by atoms with Crippen LogP contribution in [0.5, 0.6) is 0 Å². The molecule has 1 aliphatic heterocycles. The van der Waals surface area contributed by atoms with Crippen molar-refractivity contribution in [1.82, 2.24) is 31.9 Å². The summed E-state index contributed by atoms with van der Waals surface area (Å²) in [4.78, 5) is 78.3. The smallest absolute Gasteiger partial charge is 0.245 e. The lowest BCUT2D eigenvalue weighted by Crippen LogP contribution is -2.57. The van der Waals surface area contributed by atoms with E-state index in [-0.39, 0.29) is 0 Å². The van der Waals surface area contributed by atoms with Crippen molar-refractivity contribution < 1.29 is 28.8 Å². The molecule has 190 valence electrons. The van der Waals surface area contributed by atoms with Crippen molar-refractivity contribution in [2.75, 3.05) is 0 Å². The second-order valence-electron chi connectivity index (χ2n) is 8.42. The highest BCUT2D eigenvalue weighted by atomic mass is 16.2. The van der Waals surface area contributed by atoms with Gasteiger partial charge in [-0.3, -0.25) is 33.8 Å². The zero-order valence-corrected chi connectivity index (χ0v) is 20.5. The maximum Gasteiger partial charge on any atom is 0.245 e. The molecular formula is C21H35N7O6. The van der Waals surface area contributed by atoms with Crippen LogP contribution >= 0.6 is 0 Å². The number of aliphatic imine (C=N–C) groups is 1. The number of carbonyl (C=O) groups is 6. The largest absolute Gasteiger partial charge is 0.347 e. The lowest BCUT2D eigenvalue weighted by Gasteiger charge is -2.22. The number of rotatable bonds is 0. The van der Waals surface area contributed by atoms with E-state index in [1.807, 2.05) is 0 Å². The van der Waals surface area contributed by atoms with Gasteiger partial charge in [0, 0.05) is 6.21 Å². The Balaban J connectivity index is 3.07. The van der Waals surface area contributed by atoms with Crippen molar-refractivity contribution >= 4 is 41.7 Å². The number of hydrogen-bond acceptors (Lipinski definition) is 7. The third-order valence-corrected chi connectivity index (χ3v) is 5.04. The number of amides is 6. The van der Waals surface area contributed by atoms with E-state index < -0.39 is 77.7 Å². The van der Waals surface area contributed by atoms with E-state index in [1.165, 1.54) is 47.8 Å². The predicted molar refractivity (Wildman–Crippen MR) is 124 cm³/mol. The molecular weight excluding hydrogens is 446 g/mol. The Morgan fingerprint density at radius 2 is 0.735 bits per heavy atom. The molecule has 7 atom stereocenters. The summed E-state index contributed by atoms with van der Waals surface area (Å²) in [6.07, 6.45) is 1.38. The Hall–Kier alpha value is -3.51. The Bertz CT molecular complexity index is 845. The minimum Gasteiger partial charge on any atom is -0.347 e. The van der Waals surface area contributed by atoms with E-state index in [1.54, 1.807) is 6.92 Å². The number of nitrogens with zero attached hydrogens (tertiary/aromatic N) is 1. The molecule has 6 amide bonds. The summed E-state index contributed by atoms with van der Waals surface area (Å²) < 4.78 is 0. The molecule has 0 fully saturated rings. The quantitative estimate of drug-likeness (QED) is 0.222. The highest BCUT2D eigenvalue weighted by molar-refractivity contribution is 5.96. The zero-order chi connectivity index (χ0) is 26.2. The van der Waals surface area contributed by atoms with Gasteiger partial charge in [0.25, 0.3) is 0 Å². The third-order valence-electron chi connectivity index (χ3n) is 5.04. The molecule has 0 aromatic rings. The van der Waals surface area contributed by atoms with Crippen LogP contribution in [-0.2, 0) is 28.8 Å². The van der Waals surface area contributed by atoms with Gasteiger partial charge in [0.15, 0.2) is 0 Å². The molecule has 0 aromatic carbocycles. The average molecular weight is 482 g/mol. The number of nitrogens with one attached hydrogen (secondary N) is 6. The summed E-state index contributed by atoms with van der Waals surface area (Å²) in [5.74, 6) is -3.47. The van der Waals surface area contributed by atoms with Crippen LogP contribution in [0.25, 0.3) is 0 Å². The van der Waals surface area contributed by atoms with E-state index in [0.717, 1.165) is 0 Å². The molecule has 13 heteroatoms. The van der Waals surface area contributed by atoms with Crippen molar-refractivity contribution in [1.29, 1.82) is 0 Å². The number of hydrogen-bond donors (Lipinski definition) is 6. The van der Waals surface area contributed by atoms with E-state index in [2.05, 4.69) is 36.9 Å². The van der Waals surface area contributed by atoms with Crippen LogP contribution in [0.3, 0.4) is 0 Å². The third kappa shape index (κ3) is 8.79. The Kier molecular flexibility index (Phi) is 10.6. The first-order valence-electron chi connectivity index (χ1n) is 11.1. The van der Waals surface area contributed by atoms with Crippen LogP contribution in [0.1, 0.15) is 48.5 Å². The summed E-state index contributed by atoms with van der Waals surface area (Å²) in [6.45, 7) is 10.4. The minimum atomic E-state index is -1.01. The van der Waals surface area contributed by atoms with Gasteiger partial charge in [-0.05, 0) is 48.5 Å². The van der Waals surface area contributed by atoms with Gasteiger partial charge in [-0.15, -0.1) is 0 Å². The standard InChI is InChI=1S/C21H35N7O6/c1-9-8-22-10(2)16(29)24-12(4)18(31)26-14(6)20(33)28-15(7)21(34)27-13(5)19(32)25-11(3)17(30)23-9/h8-15H,1-7H3,(H,23,30)(H,24,29)(H,25,32)(H,26,31)(H,27,34)(H,28,33)/b22-8+. The highest BCUT2D eigenvalue weighted by Gasteiger charge is 2.27. The lowest BCUT2D eigenvalue weighted by atomic mass is 10.2. The molecule has 6 N–H and O–H groups in total. The first-order valence-corrected chi connectivity index (χ1v) is 11.1. The monoisotopic (exact) mass is 481 g/mol. The van der Waals surface area contributed by atoms with E-state index in [9.17, 15) is 28.8 Å². The second kappa shape index (κ2) is 12.7. The molecule has 0 bridgehead atoms. The van der Waals surface area contributed by atoms with Crippen molar-refractivity contribution in [2.45, 2.75) is 90.8 Å². The zero-order valence-electron chi connectivity index (χ0n) is 20.5. The molecule has 0 saturated heterocycles. The van der Waals surface area contributed by atoms with Gasteiger partial charge in [-0.25, -0.2) is 0 Å².